The number of nitrogens with zero attached hydrogens (tertiary/aromatic N) is 4. The summed E-state index contributed by atoms with van der Waals surface area (Å²) < 4.78 is 1.90. The zero-order valence-electron chi connectivity index (χ0n) is 14.7. The number of rotatable bonds is 4. The van der Waals surface area contributed by atoms with E-state index < -0.39 is 0 Å². The quantitative estimate of drug-likeness (QED) is 0.907. The molecule has 1 aliphatic rings. The van der Waals surface area contributed by atoms with E-state index in [1.54, 1.807) is 0 Å². The molecule has 0 aliphatic heterocycles. The largest absolute Gasteiger partial charge is 0.300 e. The van der Waals surface area contributed by atoms with E-state index in [0.29, 0.717) is 6.54 Å². The van der Waals surface area contributed by atoms with Crippen LogP contribution in [0.4, 0.5) is 0 Å². The third-order valence-electron chi connectivity index (χ3n) is 4.86. The first-order valence-electron chi connectivity index (χ1n) is 8.70. The SMILES string of the molecule is CC(C)(C)n1nnnc1CNC1(c2ccc(Cl)cc2)CCCCC1. The maximum atomic E-state index is 6.07. The minimum Gasteiger partial charge on any atom is -0.300 e. The van der Waals surface area contributed by atoms with E-state index in [-0.39, 0.29) is 11.1 Å². The number of hydrogen-bond donors (Lipinski definition) is 1. The van der Waals surface area contributed by atoms with Gasteiger partial charge in [0.25, 0.3) is 0 Å². The fraction of sp³-hybridized carbons (Fsp3) is 0.611. The van der Waals surface area contributed by atoms with Gasteiger partial charge in [-0.25, -0.2) is 4.68 Å². The number of benzene rings is 1. The summed E-state index contributed by atoms with van der Waals surface area (Å²) in [5.41, 5.74) is 1.17. The molecule has 1 aliphatic carbocycles. The van der Waals surface area contributed by atoms with Crippen molar-refractivity contribution in [2.24, 2.45) is 0 Å². The lowest BCUT2D eigenvalue weighted by Gasteiger charge is -2.39. The normalized spacial score (nSPS) is 17.8. The lowest BCUT2D eigenvalue weighted by Crippen LogP contribution is -2.44. The minimum atomic E-state index is -0.124. The molecule has 0 atom stereocenters. The summed E-state index contributed by atoms with van der Waals surface area (Å²) in [4.78, 5) is 0. The molecule has 130 valence electrons. The predicted molar refractivity (Wildman–Crippen MR) is 95.9 cm³/mol. The Kier molecular flexibility index (Phi) is 4.92. The Morgan fingerprint density at radius 2 is 1.79 bits per heavy atom. The van der Waals surface area contributed by atoms with Gasteiger partial charge in [-0.3, -0.25) is 0 Å². The van der Waals surface area contributed by atoms with Gasteiger partial charge in [-0.05, 0) is 61.7 Å². The van der Waals surface area contributed by atoms with E-state index in [0.717, 1.165) is 23.7 Å². The van der Waals surface area contributed by atoms with E-state index >= 15 is 0 Å². The Labute approximate surface area is 148 Å². The van der Waals surface area contributed by atoms with Crippen molar-refractivity contribution in [3.05, 3.63) is 40.7 Å². The highest BCUT2D eigenvalue weighted by Crippen LogP contribution is 2.37. The fourth-order valence-corrected chi connectivity index (χ4v) is 3.70. The number of halogens is 1. The summed E-state index contributed by atoms with van der Waals surface area (Å²) in [5.74, 6) is 0.876. The number of hydrogen-bond acceptors (Lipinski definition) is 4. The van der Waals surface area contributed by atoms with Gasteiger partial charge in [0.15, 0.2) is 5.82 Å². The van der Waals surface area contributed by atoms with Crippen molar-refractivity contribution in [2.75, 3.05) is 0 Å². The average Bonchev–Trinajstić information content (AvgIpc) is 3.03. The Hall–Kier alpha value is -1.46. The molecule has 1 aromatic heterocycles. The molecule has 1 N–H and O–H groups in total. The van der Waals surface area contributed by atoms with Crippen LogP contribution in [-0.2, 0) is 17.6 Å². The molecule has 0 amide bonds. The van der Waals surface area contributed by atoms with Crippen molar-refractivity contribution in [3.63, 3.8) is 0 Å². The molecule has 3 rings (SSSR count). The first-order valence-corrected chi connectivity index (χ1v) is 9.07. The number of nitrogens with one attached hydrogen (secondary N) is 1. The van der Waals surface area contributed by atoms with Crippen LogP contribution < -0.4 is 5.32 Å². The van der Waals surface area contributed by atoms with Crippen LogP contribution >= 0.6 is 11.6 Å². The summed E-state index contributed by atoms with van der Waals surface area (Å²) in [6.07, 6.45) is 6.04. The van der Waals surface area contributed by atoms with Gasteiger partial charge in [0.05, 0.1) is 12.1 Å². The van der Waals surface area contributed by atoms with Crippen LogP contribution in [-0.4, -0.2) is 20.2 Å². The lowest BCUT2D eigenvalue weighted by molar-refractivity contribution is 0.224. The van der Waals surface area contributed by atoms with Crippen LogP contribution in [0.2, 0.25) is 5.02 Å². The molecule has 6 heteroatoms. The number of tetrazole rings is 1. The Morgan fingerprint density at radius 3 is 2.42 bits per heavy atom. The van der Waals surface area contributed by atoms with Crippen molar-refractivity contribution in [1.29, 1.82) is 0 Å². The van der Waals surface area contributed by atoms with Gasteiger partial charge >= 0.3 is 0 Å². The van der Waals surface area contributed by atoms with Crippen molar-refractivity contribution < 1.29 is 0 Å². The van der Waals surface area contributed by atoms with E-state index in [1.165, 1.54) is 24.8 Å². The zero-order chi connectivity index (χ0) is 17.2. The Bertz CT molecular complexity index is 665. The Balaban J connectivity index is 1.83. The molecule has 0 spiro atoms. The Morgan fingerprint density at radius 1 is 1.12 bits per heavy atom. The fourth-order valence-electron chi connectivity index (χ4n) is 3.58. The smallest absolute Gasteiger partial charge is 0.165 e. The first-order chi connectivity index (χ1) is 11.4. The standard InChI is InChI=1S/C18H26ClN5/c1-17(2,3)24-16(21-22-23-24)13-20-18(11-5-4-6-12-18)14-7-9-15(19)10-8-14/h7-10,20H,4-6,11-13H2,1-3H3. The van der Waals surface area contributed by atoms with Crippen LogP contribution in [0.25, 0.3) is 0 Å². The lowest BCUT2D eigenvalue weighted by atomic mass is 9.76. The molecule has 0 unspecified atom stereocenters. The van der Waals surface area contributed by atoms with Gasteiger partial charge in [0.2, 0.25) is 0 Å². The molecule has 1 heterocycles. The minimum absolute atomic E-state index is 0.0164. The summed E-state index contributed by atoms with van der Waals surface area (Å²) in [7, 11) is 0. The first kappa shape index (κ1) is 17.4. The van der Waals surface area contributed by atoms with Crippen molar-refractivity contribution >= 4 is 11.6 Å². The molecule has 0 bridgehead atoms. The maximum Gasteiger partial charge on any atom is 0.165 e. The predicted octanol–water partition coefficient (Wildman–Crippen LogP) is 4.03. The second-order valence-corrected chi connectivity index (χ2v) is 8.12. The molecule has 1 fully saturated rings. The molecule has 2 aromatic rings. The zero-order valence-corrected chi connectivity index (χ0v) is 15.5. The third-order valence-corrected chi connectivity index (χ3v) is 5.11. The van der Waals surface area contributed by atoms with Crippen LogP contribution in [0.3, 0.4) is 0 Å². The van der Waals surface area contributed by atoms with Crippen LogP contribution in [0.5, 0.6) is 0 Å². The highest BCUT2D eigenvalue weighted by molar-refractivity contribution is 6.30. The van der Waals surface area contributed by atoms with Crippen LogP contribution in [0.1, 0.15) is 64.3 Å². The molecular weight excluding hydrogens is 322 g/mol. The molecule has 24 heavy (non-hydrogen) atoms. The molecule has 0 saturated heterocycles. The van der Waals surface area contributed by atoms with Crippen molar-refractivity contribution in [3.8, 4) is 0 Å². The van der Waals surface area contributed by atoms with Crippen molar-refractivity contribution in [2.45, 2.75) is 70.5 Å². The van der Waals surface area contributed by atoms with Gasteiger partial charge < -0.3 is 5.32 Å². The van der Waals surface area contributed by atoms with Gasteiger partial charge in [-0.2, -0.15) is 0 Å². The third kappa shape index (κ3) is 3.62. The van der Waals surface area contributed by atoms with Gasteiger partial charge in [0.1, 0.15) is 0 Å². The van der Waals surface area contributed by atoms with Crippen molar-refractivity contribution in [1.82, 2.24) is 25.5 Å². The molecule has 1 aromatic carbocycles. The van der Waals surface area contributed by atoms with Crippen LogP contribution in [0.15, 0.2) is 24.3 Å². The van der Waals surface area contributed by atoms with E-state index in [4.69, 9.17) is 11.6 Å². The summed E-state index contributed by atoms with van der Waals surface area (Å²) in [6.45, 7) is 7.00. The van der Waals surface area contributed by atoms with E-state index in [1.807, 2.05) is 16.8 Å². The summed E-state index contributed by atoms with van der Waals surface area (Å²) in [5, 5.41) is 16.8. The van der Waals surface area contributed by atoms with Gasteiger partial charge in [-0.15, -0.1) is 5.10 Å². The van der Waals surface area contributed by atoms with Gasteiger partial charge in [0, 0.05) is 10.6 Å². The summed E-state index contributed by atoms with van der Waals surface area (Å²) in [6, 6.07) is 8.25. The monoisotopic (exact) mass is 347 g/mol. The average molecular weight is 348 g/mol. The second kappa shape index (κ2) is 6.81. The topological polar surface area (TPSA) is 55.6 Å². The molecular formula is C18H26ClN5. The summed E-state index contributed by atoms with van der Waals surface area (Å²) >= 11 is 6.07. The molecule has 0 radical (unpaired) electrons. The van der Waals surface area contributed by atoms with E-state index in [2.05, 4.69) is 53.7 Å². The highest BCUT2D eigenvalue weighted by atomic mass is 35.5. The molecule has 1 saturated carbocycles. The number of aromatic nitrogens is 4. The van der Waals surface area contributed by atoms with Gasteiger partial charge in [-0.1, -0.05) is 43.0 Å². The maximum absolute atomic E-state index is 6.07. The molecule has 5 nitrogen and oxygen atoms in total. The second-order valence-electron chi connectivity index (χ2n) is 7.68. The highest BCUT2D eigenvalue weighted by Gasteiger charge is 2.34. The van der Waals surface area contributed by atoms with E-state index in [9.17, 15) is 0 Å². The van der Waals surface area contributed by atoms with Crippen LogP contribution in [0, 0.1) is 0 Å².